The van der Waals surface area contributed by atoms with E-state index in [0.29, 0.717) is 24.2 Å². The van der Waals surface area contributed by atoms with Crippen LogP contribution in [0.15, 0.2) is 11.6 Å². The number of aliphatic hydroxyl groups is 1. The summed E-state index contributed by atoms with van der Waals surface area (Å²) in [6.45, 7) is 4.54. The van der Waals surface area contributed by atoms with Crippen molar-refractivity contribution in [3.63, 3.8) is 0 Å². The number of hydrogen-bond donors (Lipinski definition) is 2. The van der Waals surface area contributed by atoms with E-state index < -0.39 is 16.5 Å². The monoisotopic (exact) mass is 370 g/mol. The van der Waals surface area contributed by atoms with E-state index in [1.165, 1.54) is 5.57 Å². The maximum atomic E-state index is 11.3. The predicted molar refractivity (Wildman–Crippen MR) is 94.1 cm³/mol. The Labute approximate surface area is 150 Å². The van der Waals surface area contributed by atoms with Crippen LogP contribution in [-0.4, -0.2) is 30.3 Å². The summed E-state index contributed by atoms with van der Waals surface area (Å²) in [6.07, 6.45) is 9.21. The summed E-state index contributed by atoms with van der Waals surface area (Å²) in [5.74, 6) is 1.66. The normalized spacial score (nSPS) is 49.8. The molecule has 0 aromatic carbocycles. The molecule has 3 fully saturated rings. The second-order valence-corrected chi connectivity index (χ2v) is 10.3. The SMILES string of the molecule is C[C@]12CC[C@H]3[C@@H](CCC4=C[C@@H](O)CC[C@@]43C)[C@@H]1CC[C@@H]2OS(=O)(=O)O. The maximum absolute atomic E-state index is 11.3. The molecule has 0 aromatic heterocycles. The molecule has 4 rings (SSSR count). The average Bonchev–Trinajstić information content (AvgIpc) is 2.83. The van der Waals surface area contributed by atoms with Crippen LogP contribution in [0, 0.1) is 28.6 Å². The Hall–Kier alpha value is -0.430. The van der Waals surface area contributed by atoms with E-state index in [9.17, 15) is 13.5 Å². The van der Waals surface area contributed by atoms with Crippen molar-refractivity contribution in [1.82, 2.24) is 0 Å². The van der Waals surface area contributed by atoms with E-state index in [1.807, 2.05) is 0 Å². The zero-order valence-electron chi connectivity index (χ0n) is 15.1. The van der Waals surface area contributed by atoms with Crippen molar-refractivity contribution in [2.24, 2.45) is 28.6 Å². The van der Waals surface area contributed by atoms with E-state index in [2.05, 4.69) is 19.9 Å². The third-order valence-electron chi connectivity index (χ3n) is 8.24. The predicted octanol–water partition coefficient (Wildman–Crippen LogP) is 3.50. The number of aliphatic hydroxyl groups excluding tert-OH is 1. The van der Waals surface area contributed by atoms with Crippen LogP contribution >= 0.6 is 0 Å². The lowest BCUT2D eigenvalue weighted by Crippen LogP contribution is -2.51. The fourth-order valence-corrected chi connectivity index (χ4v) is 7.58. The minimum Gasteiger partial charge on any atom is -0.389 e. The van der Waals surface area contributed by atoms with Gasteiger partial charge in [0.1, 0.15) is 0 Å². The van der Waals surface area contributed by atoms with Crippen molar-refractivity contribution in [3.8, 4) is 0 Å². The molecule has 0 aliphatic heterocycles. The fraction of sp³-hybridized carbons (Fsp3) is 0.895. The zero-order valence-corrected chi connectivity index (χ0v) is 16.0. The van der Waals surface area contributed by atoms with E-state index in [1.54, 1.807) is 0 Å². The third kappa shape index (κ3) is 2.80. The molecule has 0 radical (unpaired) electrons. The highest BCUT2D eigenvalue weighted by Gasteiger charge is 2.59. The van der Waals surface area contributed by atoms with Gasteiger partial charge in [-0.05, 0) is 80.0 Å². The highest BCUT2D eigenvalue weighted by atomic mass is 32.3. The summed E-state index contributed by atoms with van der Waals surface area (Å²) < 4.78 is 36.8. The van der Waals surface area contributed by atoms with Crippen LogP contribution in [0.3, 0.4) is 0 Å². The van der Waals surface area contributed by atoms with Gasteiger partial charge in [0.05, 0.1) is 12.2 Å². The molecule has 7 atom stereocenters. The van der Waals surface area contributed by atoms with Crippen LogP contribution in [0.1, 0.15) is 65.2 Å². The molecule has 5 nitrogen and oxygen atoms in total. The van der Waals surface area contributed by atoms with Crippen molar-refractivity contribution in [1.29, 1.82) is 0 Å². The zero-order chi connectivity index (χ0) is 18.0. The molecule has 6 heteroatoms. The van der Waals surface area contributed by atoms with E-state index in [0.717, 1.165) is 44.9 Å². The highest BCUT2D eigenvalue weighted by molar-refractivity contribution is 7.80. The molecule has 0 amide bonds. The van der Waals surface area contributed by atoms with E-state index >= 15 is 0 Å². The van der Waals surface area contributed by atoms with Gasteiger partial charge in [-0.2, -0.15) is 8.42 Å². The van der Waals surface area contributed by atoms with Crippen LogP contribution in [-0.2, 0) is 14.6 Å². The van der Waals surface area contributed by atoms with Crippen molar-refractivity contribution < 1.29 is 22.3 Å². The van der Waals surface area contributed by atoms with E-state index in [-0.39, 0.29) is 16.9 Å². The molecule has 25 heavy (non-hydrogen) atoms. The Morgan fingerprint density at radius 3 is 2.56 bits per heavy atom. The topological polar surface area (TPSA) is 83.8 Å². The molecule has 4 aliphatic carbocycles. The second kappa shape index (κ2) is 5.78. The molecule has 0 unspecified atom stereocenters. The first kappa shape index (κ1) is 18.0. The second-order valence-electron chi connectivity index (χ2n) is 9.27. The lowest BCUT2D eigenvalue weighted by Gasteiger charge is -2.58. The quantitative estimate of drug-likeness (QED) is 0.574. The maximum Gasteiger partial charge on any atom is 0.397 e. The Bertz CT molecular complexity index is 686. The first-order chi connectivity index (χ1) is 11.6. The van der Waals surface area contributed by atoms with Crippen molar-refractivity contribution >= 4 is 10.4 Å². The van der Waals surface area contributed by atoms with Crippen LogP contribution < -0.4 is 0 Å². The molecule has 0 spiro atoms. The highest BCUT2D eigenvalue weighted by Crippen LogP contribution is 2.65. The van der Waals surface area contributed by atoms with Gasteiger partial charge in [0, 0.05) is 0 Å². The number of rotatable bonds is 2. The summed E-state index contributed by atoms with van der Waals surface area (Å²) >= 11 is 0. The average molecular weight is 371 g/mol. The summed E-state index contributed by atoms with van der Waals surface area (Å²) in [7, 11) is -4.40. The number of hydrogen-bond acceptors (Lipinski definition) is 4. The van der Waals surface area contributed by atoms with Gasteiger partial charge < -0.3 is 5.11 Å². The first-order valence-electron chi connectivity index (χ1n) is 9.68. The Morgan fingerprint density at radius 1 is 1.08 bits per heavy atom. The lowest BCUT2D eigenvalue weighted by molar-refractivity contribution is -0.0706. The van der Waals surface area contributed by atoms with E-state index in [4.69, 9.17) is 8.74 Å². The van der Waals surface area contributed by atoms with Crippen LogP contribution in [0.4, 0.5) is 0 Å². The molecule has 0 bridgehead atoms. The van der Waals surface area contributed by atoms with Crippen LogP contribution in [0.5, 0.6) is 0 Å². The number of allylic oxidation sites excluding steroid dienone is 1. The Kier molecular flexibility index (Phi) is 4.15. The number of fused-ring (bicyclic) bond motifs is 5. The Morgan fingerprint density at radius 2 is 1.84 bits per heavy atom. The van der Waals surface area contributed by atoms with Gasteiger partial charge in [-0.15, -0.1) is 0 Å². The summed E-state index contributed by atoms with van der Waals surface area (Å²) in [4.78, 5) is 0. The summed E-state index contributed by atoms with van der Waals surface area (Å²) in [5, 5.41) is 10.0. The van der Waals surface area contributed by atoms with Gasteiger partial charge in [0.2, 0.25) is 0 Å². The summed E-state index contributed by atoms with van der Waals surface area (Å²) in [5.41, 5.74) is 1.47. The standard InChI is InChI=1S/C19H30O5S/c1-18-9-7-13(20)11-12(18)3-4-14-15-5-6-17(24-25(21,22)23)19(15,2)10-8-16(14)18/h11,13-17,20H,3-10H2,1-2H3,(H,21,22,23)/t13-,14-,15-,16-,17-,18-,19-/m0/s1. The largest absolute Gasteiger partial charge is 0.397 e. The minimum atomic E-state index is -4.40. The van der Waals surface area contributed by atoms with Crippen molar-refractivity contribution in [2.75, 3.05) is 0 Å². The Balaban J connectivity index is 1.61. The lowest BCUT2D eigenvalue weighted by atomic mass is 9.47. The molecule has 3 saturated carbocycles. The van der Waals surface area contributed by atoms with Crippen LogP contribution in [0.25, 0.3) is 0 Å². The molecular formula is C19H30O5S. The molecular weight excluding hydrogens is 340 g/mol. The molecule has 0 aromatic rings. The third-order valence-corrected chi connectivity index (χ3v) is 8.72. The van der Waals surface area contributed by atoms with Crippen LogP contribution in [0.2, 0.25) is 0 Å². The van der Waals surface area contributed by atoms with Crippen molar-refractivity contribution in [2.45, 2.75) is 77.4 Å². The molecule has 4 aliphatic rings. The minimum absolute atomic E-state index is 0.164. The van der Waals surface area contributed by atoms with Gasteiger partial charge in [-0.1, -0.05) is 25.5 Å². The first-order valence-corrected chi connectivity index (χ1v) is 11.0. The van der Waals surface area contributed by atoms with Gasteiger partial charge in [-0.3, -0.25) is 4.55 Å². The molecule has 2 N–H and O–H groups in total. The van der Waals surface area contributed by atoms with Gasteiger partial charge >= 0.3 is 10.4 Å². The van der Waals surface area contributed by atoms with Gasteiger partial charge in [0.15, 0.2) is 0 Å². The molecule has 0 heterocycles. The van der Waals surface area contributed by atoms with Gasteiger partial charge in [-0.25, -0.2) is 4.18 Å². The van der Waals surface area contributed by atoms with Gasteiger partial charge in [0.25, 0.3) is 0 Å². The smallest absolute Gasteiger partial charge is 0.389 e. The molecule has 142 valence electrons. The summed E-state index contributed by atoms with van der Waals surface area (Å²) in [6, 6.07) is 0. The van der Waals surface area contributed by atoms with Crippen molar-refractivity contribution in [3.05, 3.63) is 11.6 Å². The molecule has 0 saturated heterocycles. The fourth-order valence-electron chi connectivity index (χ4n) is 6.97.